The molecular weight excluding hydrogens is 262 g/mol. The van der Waals surface area contributed by atoms with Gasteiger partial charge in [0, 0.05) is 23.5 Å². The van der Waals surface area contributed by atoms with Gasteiger partial charge < -0.3 is 4.98 Å². The van der Waals surface area contributed by atoms with Gasteiger partial charge in [-0.15, -0.1) is 0 Å². The first-order chi connectivity index (χ1) is 10.3. The summed E-state index contributed by atoms with van der Waals surface area (Å²) in [6.45, 7) is 0. The number of carbonyl (C=O) groups excluding carboxylic acids is 1. The molecule has 3 rings (SSSR count). The van der Waals surface area contributed by atoms with Crippen LogP contribution in [-0.2, 0) is 11.2 Å². The molecule has 0 bridgehead atoms. The minimum absolute atomic E-state index is 0.0239. The molecule has 0 aliphatic carbocycles. The summed E-state index contributed by atoms with van der Waals surface area (Å²) in [5.74, 6) is -0.0239. The van der Waals surface area contributed by atoms with E-state index >= 15 is 0 Å². The van der Waals surface area contributed by atoms with E-state index in [1.54, 1.807) is 0 Å². The standard InChI is InChI=1S/C17H17N3O/c21-17(20-19-14-6-2-1-3-7-14)11-10-13-12-18-16-9-5-4-8-15(13)16/h1-9,12,18-19H,10-11H2,(H,20,21). The largest absolute Gasteiger partial charge is 0.361 e. The number of aromatic amines is 1. The Morgan fingerprint density at radius 2 is 1.76 bits per heavy atom. The third kappa shape index (κ3) is 3.23. The Morgan fingerprint density at radius 3 is 2.62 bits per heavy atom. The van der Waals surface area contributed by atoms with Gasteiger partial charge in [-0.1, -0.05) is 36.4 Å². The number of hydrogen-bond acceptors (Lipinski definition) is 2. The summed E-state index contributed by atoms with van der Waals surface area (Å²) in [5, 5.41) is 1.18. The van der Waals surface area contributed by atoms with E-state index in [1.165, 1.54) is 10.9 Å². The molecule has 0 saturated carbocycles. The fourth-order valence-corrected chi connectivity index (χ4v) is 2.31. The molecule has 0 fully saturated rings. The van der Waals surface area contributed by atoms with Crippen molar-refractivity contribution in [3.05, 3.63) is 66.4 Å². The lowest BCUT2D eigenvalue weighted by atomic mass is 10.1. The molecule has 2 aromatic carbocycles. The SMILES string of the molecule is O=C(CCc1c[nH]c2ccccc12)NNc1ccccc1. The van der Waals surface area contributed by atoms with Crippen molar-refractivity contribution in [1.29, 1.82) is 0 Å². The predicted octanol–water partition coefficient (Wildman–Crippen LogP) is 3.24. The molecule has 1 amide bonds. The smallest absolute Gasteiger partial charge is 0.238 e. The first-order valence-electron chi connectivity index (χ1n) is 6.98. The summed E-state index contributed by atoms with van der Waals surface area (Å²) in [4.78, 5) is 15.1. The zero-order valence-electron chi connectivity index (χ0n) is 11.6. The lowest BCUT2D eigenvalue weighted by Crippen LogP contribution is -2.29. The number of hydrogen-bond donors (Lipinski definition) is 3. The second-order valence-corrected chi connectivity index (χ2v) is 4.90. The van der Waals surface area contributed by atoms with Crippen molar-refractivity contribution in [3.63, 3.8) is 0 Å². The van der Waals surface area contributed by atoms with Crippen molar-refractivity contribution in [2.24, 2.45) is 0 Å². The Morgan fingerprint density at radius 1 is 1.00 bits per heavy atom. The highest BCUT2D eigenvalue weighted by atomic mass is 16.2. The van der Waals surface area contributed by atoms with Crippen LogP contribution in [0, 0.1) is 0 Å². The van der Waals surface area contributed by atoms with E-state index in [0.717, 1.165) is 11.2 Å². The van der Waals surface area contributed by atoms with Crippen LogP contribution in [0.4, 0.5) is 5.69 Å². The summed E-state index contributed by atoms with van der Waals surface area (Å²) >= 11 is 0. The number of aryl methyl sites for hydroxylation is 1. The number of carbonyl (C=O) groups is 1. The van der Waals surface area contributed by atoms with Crippen molar-refractivity contribution in [3.8, 4) is 0 Å². The number of fused-ring (bicyclic) bond motifs is 1. The van der Waals surface area contributed by atoms with Crippen LogP contribution in [0.15, 0.2) is 60.8 Å². The second-order valence-electron chi connectivity index (χ2n) is 4.90. The summed E-state index contributed by atoms with van der Waals surface area (Å²) in [6, 6.07) is 17.7. The Hall–Kier alpha value is -2.75. The number of benzene rings is 2. The Kier molecular flexibility index (Phi) is 3.87. The van der Waals surface area contributed by atoms with Gasteiger partial charge in [-0.3, -0.25) is 15.6 Å². The topological polar surface area (TPSA) is 56.9 Å². The zero-order valence-corrected chi connectivity index (χ0v) is 11.6. The first-order valence-corrected chi connectivity index (χ1v) is 6.98. The molecule has 0 saturated heterocycles. The third-order valence-corrected chi connectivity index (χ3v) is 3.42. The molecule has 4 heteroatoms. The molecule has 0 unspecified atom stereocenters. The van der Waals surface area contributed by atoms with Gasteiger partial charge in [0.2, 0.25) is 5.91 Å². The van der Waals surface area contributed by atoms with Crippen LogP contribution in [0.3, 0.4) is 0 Å². The van der Waals surface area contributed by atoms with Crippen LogP contribution in [0.2, 0.25) is 0 Å². The normalized spacial score (nSPS) is 10.5. The summed E-state index contributed by atoms with van der Waals surface area (Å²) in [5.41, 5.74) is 8.76. The van der Waals surface area contributed by atoms with Gasteiger partial charge >= 0.3 is 0 Å². The van der Waals surface area contributed by atoms with Crippen molar-refractivity contribution < 1.29 is 4.79 Å². The Balaban J connectivity index is 1.54. The Labute approximate surface area is 123 Å². The Bertz CT molecular complexity index is 734. The van der Waals surface area contributed by atoms with Crippen LogP contribution >= 0.6 is 0 Å². The van der Waals surface area contributed by atoms with Crippen LogP contribution < -0.4 is 10.9 Å². The number of aromatic nitrogens is 1. The van der Waals surface area contributed by atoms with Crippen LogP contribution in [0.25, 0.3) is 10.9 Å². The molecule has 3 N–H and O–H groups in total. The van der Waals surface area contributed by atoms with Crippen molar-refractivity contribution in [2.45, 2.75) is 12.8 Å². The maximum Gasteiger partial charge on any atom is 0.238 e. The number of rotatable bonds is 5. The minimum Gasteiger partial charge on any atom is -0.361 e. The van der Waals surface area contributed by atoms with Crippen LogP contribution in [-0.4, -0.2) is 10.9 Å². The molecule has 1 heterocycles. The lowest BCUT2D eigenvalue weighted by Gasteiger charge is -2.07. The monoisotopic (exact) mass is 279 g/mol. The quantitative estimate of drug-likeness (QED) is 0.628. The second kappa shape index (κ2) is 6.13. The molecule has 0 spiro atoms. The molecule has 106 valence electrons. The molecule has 4 nitrogen and oxygen atoms in total. The summed E-state index contributed by atoms with van der Waals surface area (Å²) in [7, 11) is 0. The predicted molar refractivity (Wildman–Crippen MR) is 84.8 cm³/mol. The molecular formula is C17H17N3O. The van der Waals surface area contributed by atoms with Crippen molar-refractivity contribution in [2.75, 3.05) is 5.43 Å². The average Bonchev–Trinajstić information content (AvgIpc) is 2.95. The van der Waals surface area contributed by atoms with Gasteiger partial charge in [-0.25, -0.2) is 0 Å². The van der Waals surface area contributed by atoms with E-state index in [4.69, 9.17) is 0 Å². The zero-order chi connectivity index (χ0) is 14.5. The number of hydrazine groups is 1. The van der Waals surface area contributed by atoms with Crippen LogP contribution in [0.5, 0.6) is 0 Å². The highest BCUT2D eigenvalue weighted by molar-refractivity contribution is 5.84. The van der Waals surface area contributed by atoms with E-state index in [9.17, 15) is 4.79 Å². The molecule has 0 atom stereocenters. The van der Waals surface area contributed by atoms with Crippen molar-refractivity contribution in [1.82, 2.24) is 10.4 Å². The lowest BCUT2D eigenvalue weighted by molar-refractivity contribution is -0.120. The summed E-state index contributed by atoms with van der Waals surface area (Å²) < 4.78 is 0. The van der Waals surface area contributed by atoms with E-state index in [-0.39, 0.29) is 5.91 Å². The van der Waals surface area contributed by atoms with Crippen molar-refractivity contribution >= 4 is 22.5 Å². The number of amides is 1. The van der Waals surface area contributed by atoms with Crippen LogP contribution in [0.1, 0.15) is 12.0 Å². The molecule has 0 aliphatic heterocycles. The average molecular weight is 279 g/mol. The molecule has 3 aromatic rings. The van der Waals surface area contributed by atoms with E-state index in [0.29, 0.717) is 12.8 Å². The summed E-state index contributed by atoms with van der Waals surface area (Å²) in [6.07, 6.45) is 3.14. The van der Waals surface area contributed by atoms with Gasteiger partial charge in [0.05, 0.1) is 5.69 Å². The number of H-pyrrole nitrogens is 1. The highest BCUT2D eigenvalue weighted by Crippen LogP contribution is 2.18. The van der Waals surface area contributed by atoms with E-state index in [2.05, 4.69) is 21.9 Å². The molecule has 21 heavy (non-hydrogen) atoms. The third-order valence-electron chi connectivity index (χ3n) is 3.42. The van der Waals surface area contributed by atoms with Gasteiger partial charge in [-0.05, 0) is 30.2 Å². The maximum absolute atomic E-state index is 11.9. The minimum atomic E-state index is -0.0239. The van der Waals surface area contributed by atoms with Gasteiger partial charge in [-0.2, -0.15) is 0 Å². The number of nitrogens with one attached hydrogen (secondary N) is 3. The number of anilines is 1. The molecule has 0 radical (unpaired) electrons. The maximum atomic E-state index is 11.9. The fraction of sp³-hybridized carbons (Fsp3) is 0.118. The van der Waals surface area contributed by atoms with Gasteiger partial charge in [0.1, 0.15) is 0 Å². The van der Waals surface area contributed by atoms with Gasteiger partial charge in [0.15, 0.2) is 0 Å². The molecule has 0 aliphatic rings. The first kappa shape index (κ1) is 13.2. The number of para-hydroxylation sites is 2. The van der Waals surface area contributed by atoms with Gasteiger partial charge in [0.25, 0.3) is 0 Å². The fourth-order valence-electron chi connectivity index (χ4n) is 2.31. The highest BCUT2D eigenvalue weighted by Gasteiger charge is 2.06. The van der Waals surface area contributed by atoms with E-state index < -0.39 is 0 Å². The molecule has 1 aromatic heterocycles. The van der Waals surface area contributed by atoms with E-state index in [1.807, 2.05) is 54.7 Å².